The molecule has 0 saturated heterocycles. The third kappa shape index (κ3) is 6.68. The summed E-state index contributed by atoms with van der Waals surface area (Å²) in [6.45, 7) is 14.3. The summed E-state index contributed by atoms with van der Waals surface area (Å²) in [5, 5.41) is 2.80. The normalized spacial score (nSPS) is 13.5. The Morgan fingerprint density at radius 3 is 1.53 bits per heavy atom. The van der Waals surface area contributed by atoms with Crippen molar-refractivity contribution in [2.24, 2.45) is 0 Å². The molecule has 0 amide bonds. The van der Waals surface area contributed by atoms with Crippen molar-refractivity contribution in [3.63, 3.8) is 0 Å². The van der Waals surface area contributed by atoms with Crippen LogP contribution in [0.4, 0.5) is 0 Å². The van der Waals surface area contributed by atoms with E-state index in [1.54, 1.807) is 0 Å². The number of rotatable bonds is 7. The molecule has 0 aromatic heterocycles. The van der Waals surface area contributed by atoms with Crippen molar-refractivity contribution >= 4 is 11.1 Å². The average Bonchev–Trinajstić information content (AvgIpc) is 3.80. The molecule has 0 radical (unpaired) electrons. The zero-order valence-electron chi connectivity index (χ0n) is 32.1. The van der Waals surface area contributed by atoms with Crippen molar-refractivity contribution in [1.29, 1.82) is 0 Å². The van der Waals surface area contributed by atoms with Gasteiger partial charge in [-0.2, -0.15) is 0 Å². The van der Waals surface area contributed by atoms with E-state index < -0.39 is 0 Å². The lowest BCUT2D eigenvalue weighted by Crippen LogP contribution is -2.36. The Balaban J connectivity index is 1.62. The first-order valence-corrected chi connectivity index (χ1v) is 19.3. The lowest BCUT2D eigenvalue weighted by Gasteiger charge is -2.27. The smallest absolute Gasteiger partial charge is 0.00173 e. The lowest BCUT2D eigenvalue weighted by molar-refractivity contribution is 0.590. The van der Waals surface area contributed by atoms with Gasteiger partial charge in [0.05, 0.1) is 0 Å². The van der Waals surface area contributed by atoms with E-state index in [0.29, 0.717) is 0 Å². The lowest BCUT2D eigenvalue weighted by atomic mass is 9.77. The second kappa shape index (κ2) is 13.8. The Bertz CT molecular complexity index is 2440. The van der Waals surface area contributed by atoms with Gasteiger partial charge in [0.2, 0.25) is 0 Å². The van der Waals surface area contributed by atoms with Gasteiger partial charge in [0.1, 0.15) is 0 Å². The van der Waals surface area contributed by atoms with E-state index in [0.717, 1.165) is 19.3 Å². The van der Waals surface area contributed by atoms with Gasteiger partial charge in [-0.15, -0.1) is 0 Å². The summed E-state index contributed by atoms with van der Waals surface area (Å²) in [4.78, 5) is 0. The summed E-state index contributed by atoms with van der Waals surface area (Å²) in [5.74, 6) is 0. The van der Waals surface area contributed by atoms with Crippen molar-refractivity contribution in [1.82, 2.24) is 0 Å². The summed E-state index contributed by atoms with van der Waals surface area (Å²) in [7, 11) is 0. The molecule has 0 aliphatic heterocycles. The Hall–Kier alpha value is -5.46. The maximum absolute atomic E-state index is 2.58. The van der Waals surface area contributed by atoms with Crippen LogP contribution in [0.25, 0.3) is 44.5 Å². The number of allylic oxidation sites excluding steroid dienone is 4. The molecular formula is C53H50. The van der Waals surface area contributed by atoms with Crippen LogP contribution in [0.2, 0.25) is 0 Å². The molecular weight excluding hydrogens is 637 g/mol. The molecule has 2 aliphatic rings. The van der Waals surface area contributed by atoms with Crippen LogP contribution in [0.15, 0.2) is 163 Å². The van der Waals surface area contributed by atoms with Crippen molar-refractivity contribution in [3.05, 3.63) is 202 Å². The van der Waals surface area contributed by atoms with Crippen LogP contribution >= 0.6 is 0 Å². The van der Waals surface area contributed by atoms with Crippen LogP contribution in [-0.4, -0.2) is 0 Å². The van der Waals surface area contributed by atoms with Gasteiger partial charge in [0.25, 0.3) is 0 Å². The molecule has 0 saturated carbocycles. The van der Waals surface area contributed by atoms with E-state index in [9.17, 15) is 0 Å². The van der Waals surface area contributed by atoms with Crippen molar-refractivity contribution in [2.75, 3.05) is 0 Å². The Kier molecular flexibility index (Phi) is 9.03. The molecule has 0 nitrogen and oxygen atoms in total. The Morgan fingerprint density at radius 2 is 1.02 bits per heavy atom. The largest absolute Gasteiger partial charge is 0.0801 e. The topological polar surface area (TPSA) is 0 Å². The molecule has 0 atom stereocenters. The van der Waals surface area contributed by atoms with E-state index in [2.05, 4.69) is 199 Å². The van der Waals surface area contributed by atoms with E-state index >= 15 is 0 Å². The van der Waals surface area contributed by atoms with Gasteiger partial charge in [0, 0.05) is 0 Å². The van der Waals surface area contributed by atoms with Crippen molar-refractivity contribution in [2.45, 2.75) is 71.6 Å². The third-order valence-corrected chi connectivity index (χ3v) is 11.0. The number of hydrogen-bond acceptors (Lipinski definition) is 0. The highest BCUT2D eigenvalue weighted by Crippen LogP contribution is 2.46. The van der Waals surface area contributed by atoms with Gasteiger partial charge in [-0.1, -0.05) is 187 Å². The predicted molar refractivity (Wildman–Crippen MR) is 227 cm³/mol. The van der Waals surface area contributed by atoms with Crippen LogP contribution in [0.5, 0.6) is 0 Å². The zero-order valence-corrected chi connectivity index (χ0v) is 32.1. The standard InChI is InChI=1S/C53H50/c1-52(2,3)46-34-43-44(33-42(46)38-25-15-9-16-26-38)48(39-29-19-20-30-39)51-45(43)35-47(53(4,5)6)49(40-27-17-10-18-28-40)50(51)41(31-36-21-11-7-12-22-36)32-37-23-13-8-14-24-37/h7-29,33-35H,30-32H2,1-6H3. The van der Waals surface area contributed by atoms with Crippen molar-refractivity contribution in [3.8, 4) is 33.4 Å². The summed E-state index contributed by atoms with van der Waals surface area (Å²) in [6, 6.07) is 52.1. The van der Waals surface area contributed by atoms with E-state index in [-0.39, 0.29) is 10.8 Å². The van der Waals surface area contributed by atoms with Gasteiger partial charge < -0.3 is 0 Å². The molecule has 0 heterocycles. The molecule has 6 aromatic carbocycles. The molecule has 6 aromatic rings. The zero-order chi connectivity index (χ0) is 36.7. The van der Waals surface area contributed by atoms with Gasteiger partial charge in [0.15, 0.2) is 0 Å². The van der Waals surface area contributed by atoms with E-state index in [1.165, 1.54) is 88.4 Å². The fourth-order valence-electron chi connectivity index (χ4n) is 8.54. The first-order chi connectivity index (χ1) is 25.6. The second-order valence-electron chi connectivity index (χ2n) is 16.9. The van der Waals surface area contributed by atoms with Gasteiger partial charge in [-0.3, -0.25) is 0 Å². The molecule has 0 fully saturated rings. The van der Waals surface area contributed by atoms with Crippen LogP contribution in [-0.2, 0) is 23.7 Å². The number of hydrogen-bond donors (Lipinski definition) is 0. The minimum Gasteiger partial charge on any atom is -0.0801 e. The molecule has 0 spiro atoms. The monoisotopic (exact) mass is 686 g/mol. The van der Waals surface area contributed by atoms with Crippen molar-refractivity contribution < 1.29 is 0 Å². The molecule has 2 aliphatic carbocycles. The fraction of sp³-hybridized carbons (Fsp3) is 0.208. The van der Waals surface area contributed by atoms with Crippen LogP contribution in [0.3, 0.4) is 0 Å². The van der Waals surface area contributed by atoms with E-state index in [1.807, 2.05) is 0 Å². The predicted octanol–water partition coefficient (Wildman–Crippen LogP) is 12.3. The minimum atomic E-state index is -0.104. The molecule has 262 valence electrons. The molecule has 0 N–H and O–H groups in total. The molecule has 53 heavy (non-hydrogen) atoms. The maximum Gasteiger partial charge on any atom is -0.00173 e. The average molecular weight is 687 g/mol. The molecule has 0 heteroatoms. The number of fused-ring (bicyclic) bond motifs is 3. The summed E-state index contributed by atoms with van der Waals surface area (Å²) in [6.07, 6.45) is 9.62. The van der Waals surface area contributed by atoms with Crippen LogP contribution < -0.4 is 10.4 Å². The van der Waals surface area contributed by atoms with Gasteiger partial charge >= 0.3 is 0 Å². The van der Waals surface area contributed by atoms with Gasteiger partial charge in [-0.05, 0) is 131 Å². The van der Waals surface area contributed by atoms with Gasteiger partial charge in [-0.25, -0.2) is 0 Å². The molecule has 0 bridgehead atoms. The molecule has 8 rings (SSSR count). The highest BCUT2D eigenvalue weighted by atomic mass is 14.4. The first kappa shape index (κ1) is 34.6. The third-order valence-electron chi connectivity index (χ3n) is 11.0. The highest BCUT2D eigenvalue weighted by molar-refractivity contribution is 6.00. The SMILES string of the molecule is CC(C)(C)c1cc2c(cc1-c1ccccc1)C(C1=CC=CC1)=c1c-2cc(C(C)(C)C)c(-c2ccccc2)c1=C(Cc1ccccc1)Cc1ccccc1. The molecule has 0 unspecified atom stereocenters. The Labute approximate surface area is 316 Å². The van der Waals surface area contributed by atoms with Crippen LogP contribution in [0.1, 0.15) is 75.8 Å². The van der Waals surface area contributed by atoms with Crippen LogP contribution in [0, 0.1) is 0 Å². The van der Waals surface area contributed by atoms with E-state index in [4.69, 9.17) is 0 Å². The second-order valence-corrected chi connectivity index (χ2v) is 16.9. The fourth-order valence-corrected chi connectivity index (χ4v) is 8.54. The Morgan fingerprint density at radius 1 is 0.509 bits per heavy atom. The summed E-state index contributed by atoms with van der Waals surface area (Å²) >= 11 is 0. The quantitative estimate of drug-likeness (QED) is 0.157. The maximum atomic E-state index is 2.58. The first-order valence-electron chi connectivity index (χ1n) is 19.3. The summed E-state index contributed by atoms with van der Waals surface area (Å²) in [5.41, 5.74) is 18.9. The highest BCUT2D eigenvalue weighted by Gasteiger charge is 2.32. The minimum absolute atomic E-state index is 0.0468. The number of benzene rings is 6. The summed E-state index contributed by atoms with van der Waals surface area (Å²) < 4.78 is 0.